The van der Waals surface area contributed by atoms with Crippen LogP contribution in [0.15, 0.2) is 29.6 Å². The Hall–Kier alpha value is -0.670. The molecule has 0 aliphatic rings. The summed E-state index contributed by atoms with van der Waals surface area (Å²) in [6, 6.07) is 8.56. The summed E-state index contributed by atoms with van der Waals surface area (Å²) >= 11 is 5.24. The molecule has 1 nitrogen and oxygen atoms in total. The molecule has 1 heterocycles. The van der Waals surface area contributed by atoms with Gasteiger partial charge < -0.3 is 0 Å². The van der Waals surface area contributed by atoms with Crippen LogP contribution in [-0.4, -0.2) is 10.6 Å². The normalized spacial score (nSPS) is 12.8. The fourth-order valence-corrected chi connectivity index (χ4v) is 3.24. The molecule has 0 N–H and O–H groups in total. The number of carbonyl (C=O) groups excluding carboxylic acids is 1. The maximum Gasteiger partial charge on any atom is 0.146 e. The van der Waals surface area contributed by atoms with Gasteiger partial charge in [-0.05, 0) is 41.3 Å². The highest BCUT2D eigenvalue weighted by Gasteiger charge is 2.14. The van der Waals surface area contributed by atoms with Gasteiger partial charge in [0.1, 0.15) is 5.78 Å². The fourth-order valence-electron chi connectivity index (χ4n) is 1.87. The topological polar surface area (TPSA) is 17.1 Å². The third kappa shape index (κ3) is 3.17. The smallest absolute Gasteiger partial charge is 0.146 e. The summed E-state index contributed by atoms with van der Waals surface area (Å²) in [5, 5.41) is 3.37. The van der Waals surface area contributed by atoms with Gasteiger partial charge in [0.15, 0.2) is 0 Å². The van der Waals surface area contributed by atoms with Crippen molar-refractivity contribution < 1.29 is 4.79 Å². The highest BCUT2D eigenvalue weighted by atomic mass is 79.9. The predicted octanol–water partition coefficient (Wildman–Crippen LogP) is 4.58. The summed E-state index contributed by atoms with van der Waals surface area (Å²) in [6.07, 6.45) is 2.37. The van der Waals surface area contributed by atoms with Gasteiger partial charge in [-0.25, -0.2) is 0 Å². The second-order valence-corrected chi connectivity index (χ2v) is 6.23. The lowest BCUT2D eigenvalue weighted by Gasteiger charge is -2.08. The van der Waals surface area contributed by atoms with Gasteiger partial charge in [-0.3, -0.25) is 4.79 Å². The first-order valence-corrected chi connectivity index (χ1v) is 7.63. The van der Waals surface area contributed by atoms with E-state index in [1.54, 1.807) is 11.3 Å². The van der Waals surface area contributed by atoms with Crippen LogP contribution in [0.3, 0.4) is 0 Å². The van der Waals surface area contributed by atoms with Crippen LogP contribution in [0.4, 0.5) is 0 Å². The first kappa shape index (κ1) is 12.8. The van der Waals surface area contributed by atoms with Crippen LogP contribution < -0.4 is 0 Å². The molecule has 1 aromatic heterocycles. The van der Waals surface area contributed by atoms with Gasteiger partial charge in [0.05, 0.1) is 4.83 Å². The van der Waals surface area contributed by atoms with Crippen molar-refractivity contribution in [1.82, 2.24) is 0 Å². The number of hydrogen-bond acceptors (Lipinski definition) is 2. The van der Waals surface area contributed by atoms with E-state index in [2.05, 4.69) is 45.6 Å². The molecule has 1 unspecified atom stereocenters. The maximum absolute atomic E-state index is 11.7. The van der Waals surface area contributed by atoms with Crippen molar-refractivity contribution >= 4 is 43.1 Å². The number of benzene rings is 1. The lowest BCUT2D eigenvalue weighted by Crippen LogP contribution is -2.16. The molecule has 0 amide bonds. The molecule has 0 saturated carbocycles. The molecule has 0 bridgehead atoms. The largest absolute Gasteiger partial charge is 0.298 e. The molecule has 3 heteroatoms. The van der Waals surface area contributed by atoms with E-state index < -0.39 is 0 Å². The molecule has 2 aromatic rings. The first-order chi connectivity index (χ1) is 8.20. The fraction of sp³-hybridized carbons (Fsp3) is 0.357. The number of ketones is 1. The number of alkyl halides is 1. The molecule has 0 spiro atoms. The van der Waals surface area contributed by atoms with Crippen molar-refractivity contribution in [2.45, 2.75) is 31.0 Å². The maximum atomic E-state index is 11.7. The molecular weight excluding hydrogens is 296 g/mol. The lowest BCUT2D eigenvalue weighted by molar-refractivity contribution is -0.118. The van der Waals surface area contributed by atoms with Gasteiger partial charge in [-0.2, -0.15) is 0 Å². The van der Waals surface area contributed by atoms with Gasteiger partial charge >= 0.3 is 0 Å². The van der Waals surface area contributed by atoms with Crippen LogP contribution >= 0.6 is 27.3 Å². The van der Waals surface area contributed by atoms with Crippen LogP contribution in [0.2, 0.25) is 0 Å². The molecule has 0 aliphatic carbocycles. The summed E-state index contributed by atoms with van der Waals surface area (Å²) in [5.41, 5.74) is 1.22. The summed E-state index contributed by atoms with van der Waals surface area (Å²) in [5.74, 6) is 0.304. The van der Waals surface area contributed by atoms with Crippen LogP contribution in [0.1, 0.15) is 25.3 Å². The van der Waals surface area contributed by atoms with Crippen LogP contribution in [-0.2, 0) is 11.2 Å². The molecule has 2 rings (SSSR count). The highest BCUT2D eigenvalue weighted by Crippen LogP contribution is 2.23. The highest BCUT2D eigenvalue weighted by molar-refractivity contribution is 9.10. The Morgan fingerprint density at radius 2 is 2.24 bits per heavy atom. The molecule has 17 heavy (non-hydrogen) atoms. The van der Waals surface area contributed by atoms with Crippen molar-refractivity contribution in [3.63, 3.8) is 0 Å². The number of hydrogen-bond donors (Lipinski definition) is 0. The average Bonchev–Trinajstić information content (AvgIpc) is 2.76. The zero-order valence-electron chi connectivity index (χ0n) is 9.78. The van der Waals surface area contributed by atoms with E-state index in [9.17, 15) is 4.79 Å². The quantitative estimate of drug-likeness (QED) is 0.739. The summed E-state index contributed by atoms with van der Waals surface area (Å²) in [7, 11) is 0. The van der Waals surface area contributed by atoms with Crippen LogP contribution in [0, 0.1) is 0 Å². The van der Waals surface area contributed by atoms with Crippen LogP contribution in [0.25, 0.3) is 10.1 Å². The van der Waals surface area contributed by atoms with Gasteiger partial charge in [-0.1, -0.05) is 35.0 Å². The van der Waals surface area contributed by atoms with E-state index in [1.165, 1.54) is 15.6 Å². The Balaban J connectivity index is 2.09. The Bertz CT molecular complexity index is 518. The van der Waals surface area contributed by atoms with Crippen molar-refractivity contribution in [2.24, 2.45) is 0 Å². The van der Waals surface area contributed by atoms with E-state index in [-0.39, 0.29) is 4.83 Å². The standard InChI is InChI=1S/C14H15BrOS/c1-2-3-13(16)12(15)9-10-4-5-14-11(8-10)6-7-17-14/h4-8,12H,2-3,9H2,1H3. The number of halogens is 1. The number of fused-ring (bicyclic) bond motifs is 1. The molecule has 0 radical (unpaired) electrons. The molecule has 90 valence electrons. The minimum atomic E-state index is -0.0430. The van der Waals surface area contributed by atoms with E-state index in [1.807, 2.05) is 6.92 Å². The second-order valence-electron chi connectivity index (χ2n) is 4.18. The van der Waals surface area contributed by atoms with E-state index in [0.29, 0.717) is 12.2 Å². The van der Waals surface area contributed by atoms with Gasteiger partial charge in [-0.15, -0.1) is 11.3 Å². The predicted molar refractivity (Wildman–Crippen MR) is 78.2 cm³/mol. The third-order valence-corrected chi connectivity index (χ3v) is 4.51. The molecule has 1 aromatic carbocycles. The molecule has 1 atom stereocenters. The minimum Gasteiger partial charge on any atom is -0.298 e. The number of carbonyl (C=O) groups is 1. The Morgan fingerprint density at radius 1 is 1.41 bits per heavy atom. The monoisotopic (exact) mass is 310 g/mol. The van der Waals surface area contributed by atoms with Gasteiger partial charge in [0, 0.05) is 11.1 Å². The summed E-state index contributed by atoms with van der Waals surface area (Å²) in [4.78, 5) is 11.7. The SMILES string of the molecule is CCCC(=O)C(Br)Cc1ccc2sccc2c1. The first-order valence-electron chi connectivity index (χ1n) is 5.83. The van der Waals surface area contributed by atoms with Gasteiger partial charge in [0.25, 0.3) is 0 Å². The van der Waals surface area contributed by atoms with E-state index in [4.69, 9.17) is 0 Å². The zero-order chi connectivity index (χ0) is 12.3. The van der Waals surface area contributed by atoms with Crippen molar-refractivity contribution in [3.05, 3.63) is 35.2 Å². The summed E-state index contributed by atoms with van der Waals surface area (Å²) in [6.45, 7) is 2.04. The Morgan fingerprint density at radius 3 is 3.00 bits per heavy atom. The zero-order valence-corrected chi connectivity index (χ0v) is 12.2. The summed E-state index contributed by atoms with van der Waals surface area (Å²) < 4.78 is 1.31. The van der Waals surface area contributed by atoms with Crippen molar-refractivity contribution in [2.75, 3.05) is 0 Å². The molecule has 0 fully saturated rings. The lowest BCUT2D eigenvalue weighted by atomic mass is 10.0. The molecule has 0 aliphatic heterocycles. The molecule has 0 saturated heterocycles. The average molecular weight is 311 g/mol. The van der Waals surface area contributed by atoms with Crippen molar-refractivity contribution in [1.29, 1.82) is 0 Å². The molecular formula is C14H15BrOS. The van der Waals surface area contributed by atoms with E-state index >= 15 is 0 Å². The number of Topliss-reactive ketones (excluding diaryl/α,β-unsaturated/α-hetero) is 1. The third-order valence-electron chi connectivity index (χ3n) is 2.78. The van der Waals surface area contributed by atoms with Crippen LogP contribution in [0.5, 0.6) is 0 Å². The Kier molecular flexibility index (Phi) is 4.35. The number of rotatable bonds is 5. The van der Waals surface area contributed by atoms with Crippen molar-refractivity contribution in [3.8, 4) is 0 Å². The second kappa shape index (κ2) is 5.78. The number of thiophene rings is 1. The van der Waals surface area contributed by atoms with E-state index in [0.717, 1.165) is 12.8 Å². The Labute approximate surface area is 114 Å². The minimum absolute atomic E-state index is 0.0430. The van der Waals surface area contributed by atoms with Gasteiger partial charge in [0.2, 0.25) is 0 Å².